The zero-order valence-electron chi connectivity index (χ0n) is 28.9. The summed E-state index contributed by atoms with van der Waals surface area (Å²) >= 11 is 0. The molecule has 11 heteroatoms. The normalized spacial score (nSPS) is 34.4. The minimum absolute atomic E-state index is 0.0132. The van der Waals surface area contributed by atoms with Crippen molar-refractivity contribution in [2.45, 2.75) is 121 Å². The quantitative estimate of drug-likeness (QED) is 0.250. The van der Waals surface area contributed by atoms with Crippen molar-refractivity contribution >= 4 is 29.2 Å². The van der Waals surface area contributed by atoms with Gasteiger partial charge in [-0.2, -0.15) is 8.78 Å². The van der Waals surface area contributed by atoms with E-state index in [0.717, 1.165) is 51.2 Å². The molecule has 3 aliphatic carbocycles. The van der Waals surface area contributed by atoms with Crippen LogP contribution in [0.3, 0.4) is 0 Å². The number of amides is 1. The first-order valence-electron chi connectivity index (χ1n) is 18.4. The van der Waals surface area contributed by atoms with Gasteiger partial charge in [0.1, 0.15) is 24.2 Å². The monoisotopic (exact) mass is 681 g/mol. The second kappa shape index (κ2) is 13.4. The van der Waals surface area contributed by atoms with Crippen LogP contribution in [0.4, 0.5) is 8.78 Å². The van der Waals surface area contributed by atoms with E-state index in [1.165, 1.54) is 12.0 Å². The highest BCUT2D eigenvalue weighted by molar-refractivity contribution is 5.87. The highest BCUT2D eigenvalue weighted by atomic mass is 19.3. The fraction of sp³-hybridized carbons (Fsp3) is 0.711. The minimum atomic E-state index is -3.34. The summed E-state index contributed by atoms with van der Waals surface area (Å²) in [4.78, 5) is 51.7. The number of halogens is 2. The lowest BCUT2D eigenvalue weighted by Crippen LogP contribution is -2.48. The van der Waals surface area contributed by atoms with Gasteiger partial charge in [0.2, 0.25) is 11.8 Å². The van der Waals surface area contributed by atoms with Crippen LogP contribution in [0, 0.1) is 35.0 Å². The largest absolute Gasteiger partial charge is 0.497 e. The molecule has 1 amide bonds. The Balaban J connectivity index is 1.29. The predicted molar refractivity (Wildman–Crippen MR) is 177 cm³/mol. The van der Waals surface area contributed by atoms with Crippen LogP contribution in [-0.2, 0) is 25.0 Å². The third-order valence-corrected chi connectivity index (χ3v) is 12.6. The number of carbonyl (C=O) groups excluding carboxylic acids is 3. The molecule has 2 unspecified atom stereocenters. The van der Waals surface area contributed by atoms with Crippen molar-refractivity contribution in [1.29, 1.82) is 0 Å². The Morgan fingerprint density at radius 2 is 1.76 bits per heavy atom. The van der Waals surface area contributed by atoms with E-state index >= 15 is 8.78 Å². The first kappa shape index (κ1) is 34.1. The molecule has 49 heavy (non-hydrogen) atoms. The molecule has 0 spiro atoms. The van der Waals surface area contributed by atoms with Gasteiger partial charge in [-0.15, -0.1) is 0 Å². The Kier molecular flexibility index (Phi) is 9.32. The first-order valence-corrected chi connectivity index (χ1v) is 18.4. The van der Waals surface area contributed by atoms with Crippen molar-refractivity contribution in [3.8, 4) is 11.6 Å². The van der Waals surface area contributed by atoms with E-state index in [1.54, 1.807) is 18.2 Å². The number of methoxy groups -OCH3 is 1. The Hall–Kier alpha value is -3.37. The van der Waals surface area contributed by atoms with E-state index in [2.05, 4.69) is 16.9 Å². The molecule has 266 valence electrons. The second-order valence-corrected chi connectivity index (χ2v) is 15.6. The van der Waals surface area contributed by atoms with Gasteiger partial charge in [0.15, 0.2) is 5.69 Å². The third kappa shape index (κ3) is 6.51. The number of nitrogens with zero attached hydrogens (tertiary/aromatic N) is 3. The summed E-state index contributed by atoms with van der Waals surface area (Å²) in [6, 6.07) is 4.06. The maximum absolute atomic E-state index is 16.2. The number of rotatable bonds is 4. The smallest absolute Gasteiger partial charge is 0.306 e. The molecule has 4 fully saturated rings. The highest BCUT2D eigenvalue weighted by Crippen LogP contribution is 2.58. The average molecular weight is 682 g/mol. The molecule has 3 saturated carbocycles. The molecule has 1 saturated heterocycles. The summed E-state index contributed by atoms with van der Waals surface area (Å²) < 4.78 is 50.4. The maximum Gasteiger partial charge on any atom is 0.306 e. The van der Waals surface area contributed by atoms with Crippen LogP contribution >= 0.6 is 0 Å². The van der Waals surface area contributed by atoms with E-state index in [9.17, 15) is 14.4 Å². The number of fused-ring (bicyclic) bond motifs is 7. The van der Waals surface area contributed by atoms with E-state index in [-0.39, 0.29) is 49.2 Å². The molecule has 2 aliphatic heterocycles. The lowest BCUT2D eigenvalue weighted by atomic mass is 9.65. The lowest BCUT2D eigenvalue weighted by molar-refractivity contribution is -0.159. The van der Waals surface area contributed by atoms with Gasteiger partial charge in [-0.05, 0) is 80.2 Å². The van der Waals surface area contributed by atoms with Gasteiger partial charge < -0.3 is 23.9 Å². The first-order chi connectivity index (χ1) is 23.5. The van der Waals surface area contributed by atoms with Crippen LogP contribution in [0.15, 0.2) is 18.2 Å². The van der Waals surface area contributed by atoms with E-state index in [0.29, 0.717) is 47.9 Å². The number of hydrogen-bond acceptors (Lipinski definition) is 8. The highest BCUT2D eigenvalue weighted by Gasteiger charge is 2.55. The Bertz CT molecular complexity index is 1580. The Labute approximate surface area is 286 Å². The third-order valence-electron chi connectivity index (χ3n) is 12.6. The molecule has 7 rings (SSSR count). The molecule has 1 aromatic carbocycles. The zero-order valence-corrected chi connectivity index (χ0v) is 28.9. The van der Waals surface area contributed by atoms with Gasteiger partial charge in [0.05, 0.1) is 43.1 Å². The van der Waals surface area contributed by atoms with Gasteiger partial charge in [-0.3, -0.25) is 9.59 Å². The van der Waals surface area contributed by atoms with Gasteiger partial charge in [-0.25, -0.2) is 9.97 Å². The van der Waals surface area contributed by atoms with Crippen molar-refractivity contribution in [1.82, 2.24) is 14.9 Å². The van der Waals surface area contributed by atoms with Crippen molar-refractivity contribution in [2.24, 2.45) is 35.0 Å². The van der Waals surface area contributed by atoms with Gasteiger partial charge in [0.25, 0.3) is 5.92 Å². The molecule has 0 radical (unpaired) electrons. The van der Waals surface area contributed by atoms with E-state index in [4.69, 9.17) is 14.2 Å². The zero-order chi connectivity index (χ0) is 34.5. The van der Waals surface area contributed by atoms with Crippen LogP contribution in [0.2, 0.25) is 0 Å². The number of aromatic nitrogens is 2. The molecule has 0 N–H and O–H groups in total. The molecule has 9 nitrogen and oxygen atoms in total. The molecule has 2 bridgehead atoms. The molecule has 8 atom stereocenters. The van der Waals surface area contributed by atoms with Gasteiger partial charge in [0, 0.05) is 18.4 Å². The summed E-state index contributed by atoms with van der Waals surface area (Å²) in [6.07, 6.45) is 7.76. The number of hydrogen-bond donors (Lipinski definition) is 0. The van der Waals surface area contributed by atoms with Crippen molar-refractivity contribution in [2.75, 3.05) is 13.7 Å². The number of carbonyl (C=O) groups is 3. The van der Waals surface area contributed by atoms with Crippen LogP contribution in [-0.4, -0.2) is 64.9 Å². The molecule has 1 aromatic heterocycles. The van der Waals surface area contributed by atoms with Crippen LogP contribution in [0.1, 0.15) is 103 Å². The summed E-state index contributed by atoms with van der Waals surface area (Å²) in [5.41, 5.74) is -0.323. The maximum atomic E-state index is 16.2. The van der Waals surface area contributed by atoms with Crippen molar-refractivity contribution in [3.63, 3.8) is 0 Å². The second-order valence-electron chi connectivity index (χ2n) is 15.6. The number of aldehydes is 1. The van der Waals surface area contributed by atoms with Gasteiger partial charge >= 0.3 is 5.97 Å². The standard InChI is InChI=1S/C38H49F2N3O6/c1-4-24-30(21-44)43-20-32(24)49-35-34(41-28-12-11-23(47-3)18-29(28)42-35)38(39,40)15-9-6-10-25-26-16-22(26)17-31(25)48-33(45)19-27(36(43)46)37(2)13-7-5-8-14-37/h11-12,18,21-22,24-27,30-32H,4-10,13-17,19-20H2,1-3H3/t22?,24-,25+,26?,27+,30+,31+,32-/m0/s1. The fourth-order valence-corrected chi connectivity index (χ4v) is 9.67. The summed E-state index contributed by atoms with van der Waals surface area (Å²) in [6.45, 7) is 4.00. The van der Waals surface area contributed by atoms with Crippen molar-refractivity contribution < 1.29 is 37.4 Å². The van der Waals surface area contributed by atoms with Crippen LogP contribution < -0.4 is 9.47 Å². The van der Waals surface area contributed by atoms with E-state index < -0.39 is 47.4 Å². The minimum Gasteiger partial charge on any atom is -0.497 e. The number of ether oxygens (including phenoxy) is 3. The number of esters is 1. The Morgan fingerprint density at radius 1 is 0.980 bits per heavy atom. The van der Waals surface area contributed by atoms with Gasteiger partial charge in [-0.1, -0.05) is 39.5 Å². The fourth-order valence-electron chi connectivity index (χ4n) is 9.67. The average Bonchev–Trinajstić information content (AvgIpc) is 3.64. The lowest BCUT2D eigenvalue weighted by Gasteiger charge is -2.42. The molecular weight excluding hydrogens is 632 g/mol. The Morgan fingerprint density at radius 3 is 2.49 bits per heavy atom. The predicted octanol–water partition coefficient (Wildman–Crippen LogP) is 7.03. The number of benzene rings is 1. The summed E-state index contributed by atoms with van der Waals surface area (Å²) in [5, 5.41) is 0. The summed E-state index contributed by atoms with van der Waals surface area (Å²) in [7, 11) is 1.51. The SMILES string of the molecule is CC[C@@H]1[C@@H]2CN(C(=O)[C@H](C3(C)CCCCC3)CC(=O)O[C@@H]3CC4CC4[C@H]3CCCCC(F)(F)c3nc4ccc(OC)cc4nc3O2)[C@@H]1C=O. The summed E-state index contributed by atoms with van der Waals surface area (Å²) in [5.74, 6) is -3.79. The molecule has 2 aromatic rings. The topological polar surface area (TPSA) is 108 Å². The number of alkyl halides is 2. The molecule has 5 aliphatic rings. The molecule has 3 heterocycles. The van der Waals surface area contributed by atoms with Crippen LogP contribution in [0.5, 0.6) is 11.6 Å². The van der Waals surface area contributed by atoms with E-state index in [1.807, 2.05) is 6.92 Å². The van der Waals surface area contributed by atoms with Crippen molar-refractivity contribution in [3.05, 3.63) is 23.9 Å². The molecular formula is C38H49F2N3O6. The van der Waals surface area contributed by atoms with Crippen LogP contribution in [0.25, 0.3) is 11.0 Å².